The Kier molecular flexibility index (Phi) is 3.50. The fraction of sp³-hybridized carbons (Fsp3) is 0.438. The molecule has 1 aromatic rings. The second kappa shape index (κ2) is 5.26. The maximum atomic E-state index is 12.5. The van der Waals surface area contributed by atoms with E-state index in [1.807, 2.05) is 0 Å². The first-order chi connectivity index (χ1) is 10.9. The molecule has 2 heterocycles. The molecule has 0 radical (unpaired) electrons. The third-order valence-electron chi connectivity index (χ3n) is 4.25. The van der Waals surface area contributed by atoms with E-state index in [1.54, 1.807) is 6.92 Å². The van der Waals surface area contributed by atoms with Crippen LogP contribution in [-0.2, 0) is 19.1 Å². The van der Waals surface area contributed by atoms with E-state index >= 15 is 0 Å². The van der Waals surface area contributed by atoms with Crippen molar-refractivity contribution in [1.29, 1.82) is 0 Å². The zero-order valence-corrected chi connectivity index (χ0v) is 12.7. The summed E-state index contributed by atoms with van der Waals surface area (Å²) in [5, 5.41) is 9.85. The van der Waals surface area contributed by atoms with Gasteiger partial charge in [0.15, 0.2) is 11.9 Å². The number of ether oxygens (including phenoxy) is 3. The minimum absolute atomic E-state index is 0.0176. The molecule has 1 saturated heterocycles. The standard InChI is InChI=1S/C16H16O7/c1-8-6-12(19)22-14(8)16(15(20)21-2)7-10(18)13-9(17)4-3-5-11(13)23-16/h3-5,8,14,17H,6-7H2,1-2H3/t8-,14-,16-/m0/s1. The van der Waals surface area contributed by atoms with E-state index in [9.17, 15) is 19.5 Å². The van der Waals surface area contributed by atoms with E-state index in [4.69, 9.17) is 14.2 Å². The highest BCUT2D eigenvalue weighted by Gasteiger charge is 2.60. The van der Waals surface area contributed by atoms with Crippen LogP contribution in [0.1, 0.15) is 30.1 Å². The summed E-state index contributed by atoms with van der Waals surface area (Å²) in [4.78, 5) is 36.5. The number of carbonyl (C=O) groups is 3. The molecule has 1 aromatic carbocycles. The molecule has 1 fully saturated rings. The van der Waals surface area contributed by atoms with Crippen LogP contribution in [0.25, 0.3) is 0 Å². The van der Waals surface area contributed by atoms with Crippen molar-refractivity contribution in [3.05, 3.63) is 23.8 Å². The van der Waals surface area contributed by atoms with Crippen LogP contribution in [0, 0.1) is 5.92 Å². The number of methoxy groups -OCH3 is 1. The molecule has 7 nitrogen and oxygen atoms in total. The molecule has 2 aliphatic heterocycles. The first kappa shape index (κ1) is 15.3. The van der Waals surface area contributed by atoms with E-state index in [0.717, 1.165) is 0 Å². The maximum absolute atomic E-state index is 12.5. The summed E-state index contributed by atoms with van der Waals surface area (Å²) in [7, 11) is 1.18. The number of cyclic esters (lactones) is 1. The Hall–Kier alpha value is -2.57. The van der Waals surface area contributed by atoms with Gasteiger partial charge in [-0.1, -0.05) is 13.0 Å². The zero-order valence-electron chi connectivity index (χ0n) is 12.7. The Morgan fingerprint density at radius 2 is 2.13 bits per heavy atom. The first-order valence-electron chi connectivity index (χ1n) is 7.21. The van der Waals surface area contributed by atoms with Gasteiger partial charge in [0, 0.05) is 5.92 Å². The van der Waals surface area contributed by atoms with Crippen LogP contribution >= 0.6 is 0 Å². The lowest BCUT2D eigenvalue weighted by molar-refractivity contribution is -0.177. The monoisotopic (exact) mass is 320 g/mol. The predicted octanol–water partition coefficient (Wildman–Crippen LogP) is 1.22. The highest BCUT2D eigenvalue weighted by atomic mass is 16.6. The van der Waals surface area contributed by atoms with Gasteiger partial charge in [0.2, 0.25) is 5.60 Å². The number of carbonyl (C=O) groups excluding carboxylic acids is 3. The Labute approximate surface area is 132 Å². The van der Waals surface area contributed by atoms with Crippen LogP contribution in [0.15, 0.2) is 18.2 Å². The highest BCUT2D eigenvalue weighted by molar-refractivity contribution is 6.06. The van der Waals surface area contributed by atoms with Crippen molar-refractivity contribution in [2.45, 2.75) is 31.5 Å². The molecule has 23 heavy (non-hydrogen) atoms. The normalized spacial score (nSPS) is 29.5. The number of esters is 2. The Morgan fingerprint density at radius 3 is 2.74 bits per heavy atom. The van der Waals surface area contributed by atoms with Gasteiger partial charge >= 0.3 is 11.9 Å². The minimum Gasteiger partial charge on any atom is -0.507 e. The van der Waals surface area contributed by atoms with Gasteiger partial charge < -0.3 is 19.3 Å². The van der Waals surface area contributed by atoms with Crippen LogP contribution in [0.4, 0.5) is 0 Å². The predicted molar refractivity (Wildman–Crippen MR) is 76.1 cm³/mol. The van der Waals surface area contributed by atoms with E-state index in [0.29, 0.717) is 0 Å². The molecule has 3 atom stereocenters. The number of Topliss-reactive ketones (excluding diaryl/α,β-unsaturated/α-hetero) is 1. The van der Waals surface area contributed by atoms with Crippen molar-refractivity contribution >= 4 is 17.7 Å². The van der Waals surface area contributed by atoms with Gasteiger partial charge in [0.25, 0.3) is 0 Å². The number of benzene rings is 1. The molecular formula is C16H16O7. The third-order valence-corrected chi connectivity index (χ3v) is 4.25. The molecule has 122 valence electrons. The lowest BCUT2D eigenvalue weighted by Gasteiger charge is -2.39. The molecule has 0 bridgehead atoms. The average molecular weight is 320 g/mol. The van der Waals surface area contributed by atoms with E-state index in [2.05, 4.69) is 0 Å². The number of fused-ring (bicyclic) bond motifs is 1. The summed E-state index contributed by atoms with van der Waals surface area (Å²) in [5.41, 5.74) is -1.72. The number of aromatic hydroxyl groups is 1. The Balaban J connectivity index is 2.10. The second-order valence-corrected chi connectivity index (χ2v) is 5.83. The van der Waals surface area contributed by atoms with E-state index in [1.165, 1.54) is 25.3 Å². The fourth-order valence-corrected chi connectivity index (χ4v) is 3.24. The largest absolute Gasteiger partial charge is 0.507 e. The summed E-state index contributed by atoms with van der Waals surface area (Å²) >= 11 is 0. The Bertz CT molecular complexity index is 696. The lowest BCUT2D eigenvalue weighted by atomic mass is 9.80. The molecular weight excluding hydrogens is 304 g/mol. The molecule has 0 saturated carbocycles. The quantitative estimate of drug-likeness (QED) is 0.818. The topological polar surface area (TPSA) is 99.1 Å². The molecule has 7 heteroatoms. The van der Waals surface area contributed by atoms with Crippen LogP contribution in [-0.4, -0.2) is 41.6 Å². The minimum atomic E-state index is -1.74. The molecule has 0 aliphatic carbocycles. The summed E-state index contributed by atoms with van der Waals surface area (Å²) in [5.74, 6) is -2.17. The first-order valence-corrected chi connectivity index (χ1v) is 7.21. The van der Waals surface area contributed by atoms with Crippen LogP contribution < -0.4 is 4.74 Å². The number of phenols is 1. The summed E-state index contributed by atoms with van der Waals surface area (Å²) in [6.45, 7) is 1.74. The number of hydrogen-bond acceptors (Lipinski definition) is 7. The summed E-state index contributed by atoms with van der Waals surface area (Å²) < 4.78 is 15.9. The van der Waals surface area contributed by atoms with Crippen molar-refractivity contribution < 1.29 is 33.7 Å². The van der Waals surface area contributed by atoms with Crippen LogP contribution in [0.3, 0.4) is 0 Å². The third kappa shape index (κ3) is 2.23. The molecule has 0 unspecified atom stereocenters. The van der Waals surface area contributed by atoms with Gasteiger partial charge in [-0.05, 0) is 12.1 Å². The van der Waals surface area contributed by atoms with Gasteiger partial charge in [-0.15, -0.1) is 0 Å². The Morgan fingerprint density at radius 1 is 1.39 bits per heavy atom. The van der Waals surface area contributed by atoms with Crippen molar-refractivity contribution in [2.75, 3.05) is 7.11 Å². The fourth-order valence-electron chi connectivity index (χ4n) is 3.24. The average Bonchev–Trinajstić information content (AvgIpc) is 2.85. The summed E-state index contributed by atoms with van der Waals surface area (Å²) in [6.07, 6.45) is -1.16. The number of hydrogen-bond donors (Lipinski definition) is 1. The van der Waals surface area contributed by atoms with E-state index in [-0.39, 0.29) is 35.8 Å². The van der Waals surface area contributed by atoms with E-state index < -0.39 is 29.4 Å². The molecule has 0 aromatic heterocycles. The van der Waals surface area contributed by atoms with Crippen molar-refractivity contribution in [1.82, 2.24) is 0 Å². The van der Waals surface area contributed by atoms with Crippen LogP contribution in [0.5, 0.6) is 11.5 Å². The number of phenolic OH excluding ortho intramolecular Hbond substituents is 1. The lowest BCUT2D eigenvalue weighted by Crippen LogP contribution is -2.59. The van der Waals surface area contributed by atoms with Crippen LogP contribution in [0.2, 0.25) is 0 Å². The van der Waals surface area contributed by atoms with Gasteiger partial charge in [0.05, 0.1) is 20.0 Å². The molecule has 0 amide bonds. The smallest absolute Gasteiger partial charge is 0.354 e. The van der Waals surface area contributed by atoms with Crippen molar-refractivity contribution in [3.63, 3.8) is 0 Å². The molecule has 0 spiro atoms. The van der Waals surface area contributed by atoms with Gasteiger partial charge in [-0.2, -0.15) is 0 Å². The molecule has 2 aliphatic rings. The second-order valence-electron chi connectivity index (χ2n) is 5.83. The number of ketones is 1. The number of rotatable bonds is 2. The van der Waals surface area contributed by atoms with Gasteiger partial charge in [-0.3, -0.25) is 9.59 Å². The van der Waals surface area contributed by atoms with Gasteiger partial charge in [0.1, 0.15) is 17.1 Å². The highest BCUT2D eigenvalue weighted by Crippen LogP contribution is 2.44. The molecule has 1 N–H and O–H groups in total. The van der Waals surface area contributed by atoms with Crippen molar-refractivity contribution in [2.24, 2.45) is 5.92 Å². The van der Waals surface area contributed by atoms with Gasteiger partial charge in [-0.25, -0.2) is 4.79 Å². The maximum Gasteiger partial charge on any atom is 0.354 e. The SMILES string of the molecule is COC(=O)[C@@]1([C@H]2OC(=O)C[C@@H]2C)CC(=O)c2c(O)cccc2O1. The zero-order chi connectivity index (χ0) is 16.8. The van der Waals surface area contributed by atoms with Crippen molar-refractivity contribution in [3.8, 4) is 11.5 Å². The molecule has 3 rings (SSSR count). The summed E-state index contributed by atoms with van der Waals surface area (Å²) in [6, 6.07) is 4.34.